The summed E-state index contributed by atoms with van der Waals surface area (Å²) in [6.07, 6.45) is 17.5. The number of halogens is 3. The lowest BCUT2D eigenvalue weighted by atomic mass is 9.83. The van der Waals surface area contributed by atoms with Crippen LogP contribution in [0.1, 0.15) is 103 Å². The first kappa shape index (κ1) is 30.9. The molecule has 1 atom stereocenters. The van der Waals surface area contributed by atoms with Gasteiger partial charge in [0.15, 0.2) is 11.6 Å². The summed E-state index contributed by atoms with van der Waals surface area (Å²) < 4.78 is 50.3. The van der Waals surface area contributed by atoms with Crippen LogP contribution in [0.25, 0.3) is 27.8 Å². The molecule has 0 spiro atoms. The Labute approximate surface area is 244 Å². The van der Waals surface area contributed by atoms with Gasteiger partial charge < -0.3 is 4.74 Å². The highest BCUT2D eigenvalue weighted by Crippen LogP contribution is 2.36. The molecule has 4 rings (SSSR count). The zero-order valence-electron chi connectivity index (χ0n) is 24.8. The van der Waals surface area contributed by atoms with E-state index in [0.717, 1.165) is 50.0 Å². The first-order chi connectivity index (χ1) is 20.0. The zero-order valence-corrected chi connectivity index (χ0v) is 24.8. The van der Waals surface area contributed by atoms with Crippen molar-refractivity contribution in [2.75, 3.05) is 6.61 Å². The third kappa shape index (κ3) is 8.50. The summed E-state index contributed by atoms with van der Waals surface area (Å²) in [6.45, 7) is 4.73. The number of ether oxygens (including phenoxy) is 1. The molecular weight excluding hydrogens is 517 g/mol. The van der Waals surface area contributed by atoms with E-state index in [-0.39, 0.29) is 17.1 Å². The number of rotatable bonds is 15. The highest BCUT2D eigenvalue weighted by molar-refractivity contribution is 5.74. The average molecular weight is 563 g/mol. The van der Waals surface area contributed by atoms with Crippen LogP contribution < -0.4 is 4.74 Å². The van der Waals surface area contributed by atoms with Crippen LogP contribution in [0, 0.1) is 23.4 Å². The van der Waals surface area contributed by atoms with Crippen molar-refractivity contribution in [3.05, 3.63) is 83.7 Å². The number of hydrogen-bond acceptors (Lipinski definition) is 1. The fourth-order valence-electron chi connectivity index (χ4n) is 5.80. The molecule has 1 nitrogen and oxygen atoms in total. The van der Waals surface area contributed by atoms with Crippen LogP contribution in [-0.2, 0) is 0 Å². The fraction of sp³-hybridized carbons (Fsp3) is 0.459. The van der Waals surface area contributed by atoms with Gasteiger partial charge in [-0.15, -0.1) is 0 Å². The maximum absolute atomic E-state index is 15.2. The summed E-state index contributed by atoms with van der Waals surface area (Å²) in [7, 11) is 0. The summed E-state index contributed by atoms with van der Waals surface area (Å²) in [5.41, 5.74) is 4.08. The van der Waals surface area contributed by atoms with Gasteiger partial charge in [-0.25, -0.2) is 8.78 Å². The van der Waals surface area contributed by atoms with Crippen molar-refractivity contribution < 1.29 is 17.9 Å². The Bertz CT molecular complexity index is 1280. The van der Waals surface area contributed by atoms with Gasteiger partial charge in [-0.2, -0.15) is 4.39 Å². The molecule has 0 N–H and O–H groups in total. The second-order valence-electron chi connectivity index (χ2n) is 11.5. The van der Waals surface area contributed by atoms with Gasteiger partial charge in [0.05, 0.1) is 6.61 Å². The molecule has 3 aromatic rings. The average Bonchev–Trinajstić information content (AvgIpc) is 2.99. The van der Waals surface area contributed by atoms with E-state index >= 15 is 4.39 Å². The molecule has 0 amide bonds. The lowest BCUT2D eigenvalue weighted by Crippen LogP contribution is -2.05. The van der Waals surface area contributed by atoms with Gasteiger partial charge in [-0.3, -0.25) is 0 Å². The maximum atomic E-state index is 15.2. The van der Waals surface area contributed by atoms with Crippen LogP contribution in [0.2, 0.25) is 0 Å². The summed E-state index contributed by atoms with van der Waals surface area (Å²) in [5.74, 6) is -1.49. The molecule has 0 radical (unpaired) electrons. The van der Waals surface area contributed by atoms with Gasteiger partial charge in [0.25, 0.3) is 0 Å². The van der Waals surface area contributed by atoms with Crippen LogP contribution in [0.15, 0.2) is 60.7 Å². The molecule has 0 aromatic heterocycles. The summed E-state index contributed by atoms with van der Waals surface area (Å²) in [5, 5.41) is 0. The highest BCUT2D eigenvalue weighted by atomic mass is 19.2. The molecule has 3 aromatic carbocycles. The molecule has 1 aliphatic rings. The predicted molar refractivity (Wildman–Crippen MR) is 166 cm³/mol. The number of hydrogen-bond donors (Lipinski definition) is 0. The van der Waals surface area contributed by atoms with Gasteiger partial charge in [0.1, 0.15) is 5.82 Å². The number of unbranched alkanes of at least 4 members (excludes halogenated alkanes) is 7. The molecule has 4 heteroatoms. The molecule has 220 valence electrons. The first-order valence-electron chi connectivity index (χ1n) is 15.7. The molecule has 0 saturated heterocycles. The van der Waals surface area contributed by atoms with E-state index in [9.17, 15) is 8.78 Å². The Morgan fingerprint density at radius 2 is 1.32 bits per heavy atom. The van der Waals surface area contributed by atoms with E-state index in [4.69, 9.17) is 4.74 Å². The minimum Gasteiger partial charge on any atom is -0.490 e. The molecule has 41 heavy (non-hydrogen) atoms. The van der Waals surface area contributed by atoms with E-state index in [1.165, 1.54) is 56.6 Å². The molecule has 0 fully saturated rings. The highest BCUT2D eigenvalue weighted by Gasteiger charge is 2.18. The van der Waals surface area contributed by atoms with E-state index in [2.05, 4.69) is 19.9 Å². The minimum atomic E-state index is -0.973. The Morgan fingerprint density at radius 3 is 1.98 bits per heavy atom. The Balaban J connectivity index is 1.37. The molecule has 0 bridgehead atoms. The fourth-order valence-corrected chi connectivity index (χ4v) is 5.80. The van der Waals surface area contributed by atoms with Crippen LogP contribution in [0.4, 0.5) is 13.2 Å². The van der Waals surface area contributed by atoms with Crippen molar-refractivity contribution in [1.82, 2.24) is 0 Å². The Morgan fingerprint density at radius 1 is 0.683 bits per heavy atom. The van der Waals surface area contributed by atoms with E-state index in [1.54, 1.807) is 36.4 Å². The largest absolute Gasteiger partial charge is 0.490 e. The van der Waals surface area contributed by atoms with Gasteiger partial charge in [-0.05, 0) is 72.1 Å². The van der Waals surface area contributed by atoms with Gasteiger partial charge in [0.2, 0.25) is 5.82 Å². The van der Waals surface area contributed by atoms with Crippen LogP contribution in [0.3, 0.4) is 0 Å². The lowest BCUT2D eigenvalue weighted by Gasteiger charge is -2.22. The molecule has 0 saturated carbocycles. The minimum absolute atomic E-state index is 0.0625. The van der Waals surface area contributed by atoms with Crippen molar-refractivity contribution >= 4 is 5.57 Å². The van der Waals surface area contributed by atoms with Crippen molar-refractivity contribution in [3.63, 3.8) is 0 Å². The third-order valence-corrected chi connectivity index (χ3v) is 8.38. The summed E-state index contributed by atoms with van der Waals surface area (Å²) >= 11 is 0. The molecular formula is C37H45F3O. The van der Waals surface area contributed by atoms with Crippen molar-refractivity contribution in [1.29, 1.82) is 0 Å². The smallest absolute Gasteiger partial charge is 0.201 e. The quantitative estimate of drug-likeness (QED) is 0.167. The van der Waals surface area contributed by atoms with Crippen LogP contribution >= 0.6 is 0 Å². The van der Waals surface area contributed by atoms with E-state index in [0.29, 0.717) is 23.3 Å². The van der Waals surface area contributed by atoms with E-state index < -0.39 is 11.6 Å². The summed E-state index contributed by atoms with van der Waals surface area (Å²) in [6, 6.07) is 15.4. The number of benzene rings is 3. The van der Waals surface area contributed by atoms with Crippen molar-refractivity contribution in [2.24, 2.45) is 5.92 Å². The van der Waals surface area contributed by atoms with Crippen LogP contribution in [-0.4, -0.2) is 6.61 Å². The summed E-state index contributed by atoms with van der Waals surface area (Å²) in [4.78, 5) is 0. The molecule has 1 unspecified atom stereocenters. The predicted octanol–water partition coefficient (Wildman–Crippen LogP) is 11.9. The van der Waals surface area contributed by atoms with Crippen molar-refractivity contribution in [3.8, 4) is 28.0 Å². The van der Waals surface area contributed by atoms with Crippen molar-refractivity contribution in [2.45, 2.75) is 97.3 Å². The standard InChI is InChI=1S/C37H45F3O/c1-3-5-7-9-10-12-27-13-15-28(16-14-27)31-21-22-32(34(38)26-31)29-17-19-30(20-18-29)33-23-24-35(37(40)36(33)39)41-25-11-8-6-4-2/h15,17-24,26-27H,3-14,16,25H2,1-2H3. The second kappa shape index (κ2) is 15.8. The third-order valence-electron chi connectivity index (χ3n) is 8.38. The normalized spacial score (nSPS) is 15.1. The SMILES string of the molecule is CCCCCCCC1CC=C(c2ccc(-c3ccc(-c4ccc(OCCCCCC)c(F)c4F)cc3)c(F)c2)CC1. The second-order valence-corrected chi connectivity index (χ2v) is 11.5. The number of allylic oxidation sites excluding steroid dienone is 2. The Hall–Kier alpha value is -3.01. The van der Waals surface area contributed by atoms with Crippen LogP contribution in [0.5, 0.6) is 5.75 Å². The first-order valence-corrected chi connectivity index (χ1v) is 15.7. The van der Waals surface area contributed by atoms with Gasteiger partial charge >= 0.3 is 0 Å². The zero-order chi connectivity index (χ0) is 29.0. The molecule has 0 aliphatic heterocycles. The monoisotopic (exact) mass is 562 g/mol. The maximum Gasteiger partial charge on any atom is 0.201 e. The van der Waals surface area contributed by atoms with Gasteiger partial charge in [-0.1, -0.05) is 114 Å². The van der Waals surface area contributed by atoms with E-state index in [1.807, 2.05) is 12.1 Å². The Kier molecular flexibility index (Phi) is 12.0. The topological polar surface area (TPSA) is 9.23 Å². The molecule has 1 aliphatic carbocycles. The lowest BCUT2D eigenvalue weighted by molar-refractivity contribution is 0.285. The van der Waals surface area contributed by atoms with Gasteiger partial charge in [0, 0.05) is 11.1 Å². The molecule has 0 heterocycles.